The maximum Gasteiger partial charge on any atom is 0.312 e. The third-order valence-corrected chi connectivity index (χ3v) is 63.5. The largest absolute Gasteiger partial charge is 0.437 e. The smallest absolute Gasteiger partial charge is 0.312 e. The van der Waals surface area contributed by atoms with Gasteiger partial charge < -0.3 is 29.1 Å². The lowest BCUT2D eigenvalue weighted by molar-refractivity contribution is 0.313. The van der Waals surface area contributed by atoms with E-state index in [1.54, 1.807) is 0 Å². The molecule has 0 amide bonds. The highest BCUT2D eigenvalue weighted by Crippen LogP contribution is 2.41. The molecular formula is C26H70O7Si9. The van der Waals surface area contributed by atoms with Crippen molar-refractivity contribution in [1.29, 1.82) is 0 Å². The molecule has 0 aliphatic heterocycles. The normalized spacial score (nSPS) is 15.3. The molecule has 252 valence electrons. The van der Waals surface area contributed by atoms with E-state index in [0.29, 0.717) is 6.61 Å². The Morgan fingerprint density at radius 3 is 1.07 bits per heavy atom. The van der Waals surface area contributed by atoms with E-state index in [-0.39, 0.29) is 0 Å². The Morgan fingerprint density at radius 1 is 0.500 bits per heavy atom. The van der Waals surface area contributed by atoms with Crippen LogP contribution in [0.2, 0.25) is 124 Å². The summed E-state index contributed by atoms with van der Waals surface area (Å²) in [6.45, 7) is 49.4. The topological polar surface area (TPSA) is 64.6 Å². The van der Waals surface area contributed by atoms with Crippen molar-refractivity contribution in [1.82, 2.24) is 0 Å². The summed E-state index contributed by atoms with van der Waals surface area (Å²) in [5.41, 5.74) is 1.03. The highest BCUT2D eigenvalue weighted by atomic mass is 29.7. The van der Waals surface area contributed by atoms with Crippen LogP contribution in [0.3, 0.4) is 0 Å². The van der Waals surface area contributed by atoms with E-state index in [1.807, 2.05) is 0 Å². The molecule has 0 unspecified atom stereocenters. The van der Waals surface area contributed by atoms with E-state index in [2.05, 4.69) is 138 Å². The molecule has 0 radical (unpaired) electrons. The zero-order valence-corrected chi connectivity index (χ0v) is 40.4. The van der Waals surface area contributed by atoms with Crippen LogP contribution < -0.4 is 0 Å². The first-order valence-corrected chi connectivity index (χ1v) is 43.7. The molecule has 16 heteroatoms. The van der Waals surface area contributed by atoms with Crippen LogP contribution in [-0.4, -0.2) is 80.5 Å². The standard InChI is InChI=1S/C26H70O7Si9/c1-22-23-24-42(27-25-26(2)3,40(18,19)32-38(14,15)30-36(10,11)28-34(4,5)6)41(20,21)33-39(16,17)31-37(12,13)29-35(7,8)9/h2,22-25H2,1,3-21H3. The Balaban J connectivity index is 6.76. The molecule has 0 aromatic carbocycles. The van der Waals surface area contributed by atoms with Crippen molar-refractivity contribution in [2.24, 2.45) is 0 Å². The minimum absolute atomic E-state index is 0.541. The molecule has 0 aromatic heterocycles. The summed E-state index contributed by atoms with van der Waals surface area (Å²) < 4.78 is 49.0. The first-order valence-electron chi connectivity index (χ1n) is 15.7. The average Bonchev–Trinajstić information content (AvgIpc) is 2.58. The van der Waals surface area contributed by atoms with Crippen LogP contribution in [-0.2, 0) is 29.1 Å². The van der Waals surface area contributed by atoms with Crippen molar-refractivity contribution < 1.29 is 29.1 Å². The van der Waals surface area contributed by atoms with Gasteiger partial charge in [0.1, 0.15) is 0 Å². The Kier molecular flexibility index (Phi) is 15.6. The predicted octanol–water partition coefficient (Wildman–Crippen LogP) is 9.47. The summed E-state index contributed by atoms with van der Waals surface area (Å²) in [7, 11) is -21.2. The van der Waals surface area contributed by atoms with Gasteiger partial charge in [-0.05, 0) is 131 Å². The lowest BCUT2D eigenvalue weighted by atomic mass is 10.4. The van der Waals surface area contributed by atoms with Gasteiger partial charge in [0.25, 0.3) is 0 Å². The molecule has 0 spiro atoms. The van der Waals surface area contributed by atoms with Crippen LogP contribution in [0.4, 0.5) is 0 Å². The Labute approximate surface area is 271 Å². The molecule has 0 rings (SSSR count). The van der Waals surface area contributed by atoms with Gasteiger partial charge in [0.15, 0.2) is 32.3 Å². The minimum atomic E-state index is -2.65. The molecule has 0 aromatic rings. The van der Waals surface area contributed by atoms with Gasteiger partial charge in [-0.15, -0.1) is 0 Å². The van der Waals surface area contributed by atoms with Crippen LogP contribution >= 0.6 is 0 Å². The molecule has 0 fully saturated rings. The van der Waals surface area contributed by atoms with Gasteiger partial charge in [0, 0.05) is 0 Å². The second-order valence-corrected chi connectivity index (χ2v) is 63.2. The lowest BCUT2D eigenvalue weighted by Gasteiger charge is -2.54. The van der Waals surface area contributed by atoms with Crippen molar-refractivity contribution in [2.75, 3.05) is 6.61 Å². The molecule has 0 saturated heterocycles. The molecule has 0 N–H and O–H groups in total. The molecule has 0 aliphatic carbocycles. The molecule has 0 aliphatic rings. The first-order chi connectivity index (χ1) is 18.2. The van der Waals surface area contributed by atoms with Crippen molar-refractivity contribution in [2.45, 2.75) is 151 Å². The predicted molar refractivity (Wildman–Crippen MR) is 204 cm³/mol. The van der Waals surface area contributed by atoms with Crippen LogP contribution in [0, 0.1) is 0 Å². The van der Waals surface area contributed by atoms with Gasteiger partial charge >= 0.3 is 34.2 Å². The summed E-state index contributed by atoms with van der Waals surface area (Å²) in [4.78, 5) is 0. The van der Waals surface area contributed by atoms with Gasteiger partial charge in [-0.1, -0.05) is 31.9 Å². The van der Waals surface area contributed by atoms with E-state index < -0.39 is 73.9 Å². The Morgan fingerprint density at radius 2 is 0.810 bits per heavy atom. The highest BCUT2D eigenvalue weighted by molar-refractivity contribution is 7.65. The van der Waals surface area contributed by atoms with Gasteiger partial charge in [-0.25, -0.2) is 0 Å². The number of rotatable bonds is 20. The lowest BCUT2D eigenvalue weighted by Crippen LogP contribution is -2.80. The van der Waals surface area contributed by atoms with E-state index in [1.165, 1.54) is 0 Å². The number of unbranched alkanes of at least 4 members (excludes halogenated alkanes) is 1. The molecule has 0 atom stereocenters. The average molecular weight is 748 g/mol. The molecule has 0 saturated carbocycles. The van der Waals surface area contributed by atoms with Gasteiger partial charge in [0.2, 0.25) is 7.35 Å². The molecular weight excluding hydrogens is 677 g/mol. The SMILES string of the molecule is C=C(C)CO[Si](CCCC)([Si](C)(C)O[Si](C)(C)O[Si](C)(C)O[Si](C)(C)C)[Si](C)(C)O[Si](C)(C)O[Si](C)(C)O[Si](C)(C)C. The monoisotopic (exact) mass is 746 g/mol. The number of hydrogen-bond acceptors (Lipinski definition) is 7. The van der Waals surface area contributed by atoms with E-state index in [0.717, 1.165) is 24.5 Å². The van der Waals surface area contributed by atoms with Crippen LogP contribution in [0.15, 0.2) is 12.2 Å². The summed E-state index contributed by atoms with van der Waals surface area (Å²) in [5, 5.41) is 0. The third kappa shape index (κ3) is 15.3. The zero-order valence-electron chi connectivity index (χ0n) is 31.4. The maximum atomic E-state index is 7.39. The number of hydrogen-bond donors (Lipinski definition) is 0. The zero-order chi connectivity index (χ0) is 33.9. The first kappa shape index (κ1) is 43.4. The van der Waals surface area contributed by atoms with Crippen LogP contribution in [0.25, 0.3) is 0 Å². The summed E-state index contributed by atoms with van der Waals surface area (Å²) in [6.07, 6.45) is 2.19. The summed E-state index contributed by atoms with van der Waals surface area (Å²) in [5.74, 6) is 0. The third-order valence-electron chi connectivity index (χ3n) is 6.48. The van der Waals surface area contributed by atoms with E-state index in [4.69, 9.17) is 29.1 Å². The van der Waals surface area contributed by atoms with Crippen LogP contribution in [0.1, 0.15) is 26.7 Å². The summed E-state index contributed by atoms with van der Waals surface area (Å²) in [6, 6.07) is 1.02. The van der Waals surface area contributed by atoms with Gasteiger partial charge in [-0.2, -0.15) is 0 Å². The van der Waals surface area contributed by atoms with Gasteiger partial charge in [0.05, 0.1) is 6.61 Å². The molecule has 0 heterocycles. The van der Waals surface area contributed by atoms with Crippen molar-refractivity contribution in [3.63, 3.8) is 0 Å². The van der Waals surface area contributed by atoms with Crippen molar-refractivity contribution in [3.8, 4) is 0 Å². The fourth-order valence-corrected chi connectivity index (χ4v) is 80.7. The van der Waals surface area contributed by atoms with E-state index in [9.17, 15) is 0 Å². The maximum absolute atomic E-state index is 7.39. The van der Waals surface area contributed by atoms with Crippen LogP contribution in [0.5, 0.6) is 0 Å². The van der Waals surface area contributed by atoms with E-state index >= 15 is 0 Å². The quantitative estimate of drug-likeness (QED) is 0.0909. The highest BCUT2D eigenvalue weighted by Gasteiger charge is 2.66. The minimum Gasteiger partial charge on any atom is -0.437 e. The van der Waals surface area contributed by atoms with Gasteiger partial charge in [-0.3, -0.25) is 0 Å². The second kappa shape index (κ2) is 15.1. The fourth-order valence-electron chi connectivity index (χ4n) is 6.55. The fraction of sp³-hybridized carbons (Fsp3) is 0.923. The Hall–Kier alpha value is 1.41. The second-order valence-electron chi connectivity index (χ2n) is 16.6. The molecule has 42 heavy (non-hydrogen) atoms. The summed E-state index contributed by atoms with van der Waals surface area (Å²) >= 11 is 0. The molecule has 0 bridgehead atoms. The molecule has 7 nitrogen and oxygen atoms in total. The van der Waals surface area contributed by atoms with Crippen molar-refractivity contribution >= 4 is 73.9 Å². The van der Waals surface area contributed by atoms with Crippen molar-refractivity contribution in [3.05, 3.63) is 12.2 Å². The Bertz CT molecular complexity index is 824.